The molecule has 0 spiro atoms. The number of rotatable bonds is 12. The second-order valence-electron chi connectivity index (χ2n) is 9.95. The van der Waals surface area contributed by atoms with Crippen molar-refractivity contribution in [2.24, 2.45) is 16.3 Å². The summed E-state index contributed by atoms with van der Waals surface area (Å²) in [7, 11) is 1.26. The van der Waals surface area contributed by atoms with E-state index >= 15 is 0 Å². The van der Waals surface area contributed by atoms with E-state index in [-0.39, 0.29) is 23.3 Å². The van der Waals surface area contributed by atoms with Gasteiger partial charge in [-0.2, -0.15) is 4.99 Å². The van der Waals surface area contributed by atoms with Gasteiger partial charge in [0.05, 0.1) is 13.2 Å². The van der Waals surface area contributed by atoms with E-state index in [0.717, 1.165) is 9.94 Å². The number of methoxy groups -OCH3 is 1. The summed E-state index contributed by atoms with van der Waals surface area (Å²) < 4.78 is 15.6. The maximum Gasteiger partial charge on any atom is 0.432 e. The van der Waals surface area contributed by atoms with Crippen LogP contribution in [0.5, 0.6) is 10.8 Å². The summed E-state index contributed by atoms with van der Waals surface area (Å²) in [5.74, 6) is -1.21. The third-order valence-corrected chi connectivity index (χ3v) is 7.18. The first-order chi connectivity index (χ1) is 16.9. The average Bonchev–Trinajstić information content (AvgIpc) is 3.22. The Kier molecular flexibility index (Phi) is 10.5. The maximum absolute atomic E-state index is 13.3. The molecule has 0 aliphatic carbocycles. The van der Waals surface area contributed by atoms with E-state index in [1.54, 1.807) is 18.3 Å². The van der Waals surface area contributed by atoms with Crippen molar-refractivity contribution >= 4 is 29.4 Å². The van der Waals surface area contributed by atoms with Crippen LogP contribution in [-0.2, 0) is 11.2 Å². The molecule has 2 rings (SSSR count). The predicted octanol–water partition coefficient (Wildman–Crippen LogP) is 6.39. The molecule has 2 heterocycles. The summed E-state index contributed by atoms with van der Waals surface area (Å²) in [6.45, 7) is 11.5. The van der Waals surface area contributed by atoms with Gasteiger partial charge in [0.2, 0.25) is 0 Å². The van der Waals surface area contributed by atoms with Gasteiger partial charge < -0.3 is 19.0 Å². The number of amides is 1. The molecule has 1 amide bonds. The lowest BCUT2D eigenvalue weighted by molar-refractivity contribution is 0.0812. The molecule has 0 saturated heterocycles. The maximum atomic E-state index is 13.3. The van der Waals surface area contributed by atoms with Crippen molar-refractivity contribution in [1.29, 1.82) is 0 Å². The lowest BCUT2D eigenvalue weighted by Crippen LogP contribution is -2.33. The number of aromatic hydroxyl groups is 1. The number of unbranched alkanes of at least 4 members (excludes halogenated alkanes) is 1. The van der Waals surface area contributed by atoms with Gasteiger partial charge in [0.15, 0.2) is 10.8 Å². The van der Waals surface area contributed by atoms with Crippen molar-refractivity contribution in [2.75, 3.05) is 7.11 Å². The van der Waals surface area contributed by atoms with Crippen molar-refractivity contribution in [1.82, 2.24) is 0 Å². The van der Waals surface area contributed by atoms with E-state index in [1.807, 2.05) is 46.8 Å². The van der Waals surface area contributed by atoms with Crippen LogP contribution < -0.4 is 10.4 Å². The minimum Gasteiger partial charge on any atom is -0.507 e. The fourth-order valence-electron chi connectivity index (χ4n) is 3.74. The minimum absolute atomic E-state index is 0.0818. The molecule has 2 unspecified atom stereocenters. The Morgan fingerprint density at radius 1 is 1.22 bits per heavy atom. The van der Waals surface area contributed by atoms with Gasteiger partial charge in [0.25, 0.3) is 0 Å². The smallest absolute Gasteiger partial charge is 0.432 e. The van der Waals surface area contributed by atoms with Crippen LogP contribution >= 0.6 is 11.3 Å². The van der Waals surface area contributed by atoms with E-state index in [2.05, 4.69) is 9.73 Å². The van der Waals surface area contributed by atoms with Crippen LogP contribution in [0.2, 0.25) is 0 Å². The number of nitrogens with zero attached hydrogens (tertiary/aromatic N) is 1. The van der Waals surface area contributed by atoms with E-state index in [0.29, 0.717) is 31.4 Å². The number of ether oxygens (including phenoxy) is 2. The molecule has 2 aromatic rings. The first-order valence-corrected chi connectivity index (χ1v) is 12.9. The van der Waals surface area contributed by atoms with E-state index in [1.165, 1.54) is 19.4 Å². The van der Waals surface area contributed by atoms with Gasteiger partial charge in [-0.1, -0.05) is 27.7 Å². The third kappa shape index (κ3) is 8.05. The number of thiophene rings is 1. The van der Waals surface area contributed by atoms with Crippen LogP contribution in [-0.4, -0.2) is 36.4 Å². The van der Waals surface area contributed by atoms with Crippen molar-refractivity contribution in [3.63, 3.8) is 0 Å². The van der Waals surface area contributed by atoms with Crippen LogP contribution in [0.1, 0.15) is 87.7 Å². The highest BCUT2D eigenvalue weighted by atomic mass is 32.1. The topological polar surface area (TPSA) is 115 Å². The molecular weight excluding hydrogens is 482 g/mol. The summed E-state index contributed by atoms with van der Waals surface area (Å²) in [6.07, 6.45) is 3.39. The van der Waals surface area contributed by atoms with Crippen LogP contribution in [0, 0.1) is 11.3 Å². The fraction of sp³-hybridized carbons (Fsp3) is 0.556. The Morgan fingerprint density at radius 3 is 2.53 bits per heavy atom. The first kappa shape index (κ1) is 29.3. The van der Waals surface area contributed by atoms with Gasteiger partial charge in [-0.15, -0.1) is 11.3 Å². The quantitative estimate of drug-likeness (QED) is 0.196. The summed E-state index contributed by atoms with van der Waals surface area (Å²) in [5.41, 5.74) is -1.62. The zero-order chi connectivity index (χ0) is 27.0. The molecule has 2 aromatic heterocycles. The van der Waals surface area contributed by atoms with Crippen molar-refractivity contribution in [2.45, 2.75) is 79.2 Å². The first-order valence-electron chi connectivity index (χ1n) is 12.1. The Labute approximate surface area is 216 Å². The number of carbonyl (C=O) groups excluding carboxylic acids is 2. The average molecular weight is 520 g/mol. The third-order valence-electron chi connectivity index (χ3n) is 6.21. The molecule has 8 nitrogen and oxygen atoms in total. The lowest BCUT2D eigenvalue weighted by atomic mass is 9.73. The van der Waals surface area contributed by atoms with E-state index in [4.69, 9.17) is 9.15 Å². The lowest BCUT2D eigenvalue weighted by Gasteiger charge is -2.30. The largest absolute Gasteiger partial charge is 0.507 e. The number of ketones is 1. The van der Waals surface area contributed by atoms with Gasteiger partial charge in [-0.3, -0.25) is 4.79 Å². The highest BCUT2D eigenvalue weighted by Gasteiger charge is 2.35. The monoisotopic (exact) mass is 519 g/mol. The van der Waals surface area contributed by atoms with Crippen LogP contribution in [0.3, 0.4) is 0 Å². The molecule has 9 heteroatoms. The summed E-state index contributed by atoms with van der Waals surface area (Å²) >= 11 is 1.54. The highest BCUT2D eigenvalue weighted by Crippen LogP contribution is 2.38. The second kappa shape index (κ2) is 12.9. The fourth-order valence-corrected chi connectivity index (χ4v) is 4.96. The Morgan fingerprint density at radius 2 is 1.92 bits per heavy atom. The summed E-state index contributed by atoms with van der Waals surface area (Å²) in [4.78, 5) is 41.7. The number of hydrogen-bond acceptors (Lipinski definition) is 8. The number of carbonyl (C=O) groups is 2. The molecule has 0 aliphatic heterocycles. The van der Waals surface area contributed by atoms with Crippen LogP contribution in [0.15, 0.2) is 32.4 Å². The SMILES string of the molecule is COC(=O)N=CCCCC(C)c1cc(O)c(C(=O)C(C)C(C)(C)Cc2ccc(OC(C)C)s2)c(=O)o1. The predicted molar refractivity (Wildman–Crippen MR) is 141 cm³/mol. The molecule has 1 N–H and O–H groups in total. The zero-order valence-corrected chi connectivity index (χ0v) is 22.9. The van der Waals surface area contributed by atoms with Gasteiger partial charge >= 0.3 is 11.7 Å². The zero-order valence-electron chi connectivity index (χ0n) is 22.1. The standard InChI is InChI=1S/C27H37NO7S/c1-16(2)34-22-12-11-19(36-22)15-27(5,6)18(4)24(30)23-20(29)14-21(35-25(23)31)17(3)10-8-9-13-28-26(32)33-7/h11-14,16-18,29H,8-10,15H2,1-7H3. The molecule has 36 heavy (non-hydrogen) atoms. The highest BCUT2D eigenvalue weighted by molar-refractivity contribution is 7.13. The summed E-state index contributed by atoms with van der Waals surface area (Å²) in [5, 5.41) is 11.4. The molecule has 0 aliphatic rings. The number of aliphatic imine (C=N–C) groups is 1. The Hall–Kier alpha value is -2.94. The van der Waals surface area contributed by atoms with Crippen molar-refractivity contribution < 1.29 is 28.6 Å². The number of hydrogen-bond donors (Lipinski definition) is 1. The van der Waals surface area contributed by atoms with E-state index in [9.17, 15) is 19.5 Å². The van der Waals surface area contributed by atoms with Crippen molar-refractivity contribution in [3.8, 4) is 10.8 Å². The van der Waals surface area contributed by atoms with Crippen LogP contribution in [0.4, 0.5) is 4.79 Å². The van der Waals surface area contributed by atoms with Gasteiger partial charge in [0.1, 0.15) is 17.1 Å². The minimum atomic E-state index is -0.833. The molecule has 2 atom stereocenters. The Bertz CT molecular complexity index is 1130. The number of Topliss-reactive ketones (excluding diaryl/α,β-unsaturated/α-hetero) is 1. The molecule has 198 valence electrons. The molecule has 0 bridgehead atoms. The molecule has 0 aromatic carbocycles. The molecule has 0 fully saturated rings. The Balaban J connectivity index is 2.09. The molecule has 0 radical (unpaired) electrons. The molecule has 0 saturated carbocycles. The summed E-state index contributed by atoms with van der Waals surface area (Å²) in [6, 6.07) is 5.27. The molecular formula is C27H37NO7S. The van der Waals surface area contributed by atoms with Gasteiger partial charge in [-0.05, 0) is 57.1 Å². The second-order valence-corrected chi connectivity index (χ2v) is 11.1. The van der Waals surface area contributed by atoms with Crippen LogP contribution in [0.25, 0.3) is 0 Å². The van der Waals surface area contributed by atoms with E-state index < -0.39 is 28.8 Å². The van der Waals surface area contributed by atoms with Gasteiger partial charge in [0, 0.05) is 29.0 Å². The van der Waals surface area contributed by atoms with Crippen molar-refractivity contribution in [3.05, 3.63) is 44.8 Å². The van der Waals surface area contributed by atoms with Gasteiger partial charge in [-0.25, -0.2) is 9.59 Å². The normalized spacial score (nSPS) is 13.7.